The largest absolute Gasteiger partial charge is 0.506 e. The highest BCUT2D eigenvalue weighted by Gasteiger charge is 2.18. The van der Waals surface area contributed by atoms with E-state index in [9.17, 15) is 9.90 Å². The molecule has 0 radical (unpaired) electrons. The molecule has 3 aromatic carbocycles. The van der Waals surface area contributed by atoms with Gasteiger partial charge in [0.2, 0.25) is 0 Å². The first-order valence-electron chi connectivity index (χ1n) is 12.8. The summed E-state index contributed by atoms with van der Waals surface area (Å²) in [7, 11) is 0. The van der Waals surface area contributed by atoms with Gasteiger partial charge in [-0.2, -0.15) is 0 Å². The van der Waals surface area contributed by atoms with E-state index < -0.39 is 6.03 Å². The van der Waals surface area contributed by atoms with Crippen molar-refractivity contribution in [3.8, 4) is 17.0 Å². The topological polar surface area (TPSA) is 99.6 Å². The van der Waals surface area contributed by atoms with E-state index in [0.717, 1.165) is 66.1 Å². The normalized spacial score (nSPS) is 14.4. The van der Waals surface area contributed by atoms with Crippen LogP contribution in [0.4, 0.5) is 16.2 Å². The molecule has 0 unspecified atom stereocenters. The SMILES string of the molecule is CC(C)(C)c1ccc(O)c(NC(=O)Nc2ccc(-c3cnc(CN4CCOCC4)cn3)c3ccccc23)c1. The molecule has 3 N–H and O–H groups in total. The number of morpholine rings is 1. The lowest BCUT2D eigenvalue weighted by atomic mass is 9.87. The molecule has 0 bridgehead atoms. The number of nitrogens with one attached hydrogen (secondary N) is 2. The van der Waals surface area contributed by atoms with Crippen molar-refractivity contribution in [3.63, 3.8) is 0 Å². The predicted molar refractivity (Wildman–Crippen MR) is 151 cm³/mol. The van der Waals surface area contributed by atoms with E-state index in [-0.39, 0.29) is 11.2 Å². The van der Waals surface area contributed by atoms with Crippen LogP contribution in [0.1, 0.15) is 32.0 Å². The number of fused-ring (bicyclic) bond motifs is 1. The molecule has 1 aliphatic rings. The molecule has 0 spiro atoms. The van der Waals surface area contributed by atoms with Crippen molar-refractivity contribution in [2.45, 2.75) is 32.7 Å². The molecule has 38 heavy (non-hydrogen) atoms. The molecular weight excluding hydrogens is 478 g/mol. The number of carbonyl (C=O) groups is 1. The Labute approximate surface area is 222 Å². The van der Waals surface area contributed by atoms with E-state index in [1.165, 1.54) is 0 Å². The standard InChI is InChI=1S/C30H33N5O3/c1-30(2,3)20-8-11-28(36)26(16-20)34-29(37)33-25-10-9-24(22-6-4-5-7-23(22)25)27-18-31-21(17-32-27)19-35-12-14-38-15-13-35/h4-11,16-18,36H,12-15,19H2,1-3H3,(H2,33,34,37). The molecule has 1 aromatic heterocycles. The van der Waals surface area contributed by atoms with Gasteiger partial charge in [0.15, 0.2) is 0 Å². The van der Waals surface area contributed by atoms with E-state index in [4.69, 9.17) is 9.72 Å². The third-order valence-electron chi connectivity index (χ3n) is 6.75. The molecule has 196 valence electrons. The molecule has 2 amide bonds. The van der Waals surface area contributed by atoms with Crippen LogP contribution >= 0.6 is 0 Å². The third-order valence-corrected chi connectivity index (χ3v) is 6.75. The van der Waals surface area contributed by atoms with Crippen LogP contribution in [-0.4, -0.2) is 52.3 Å². The van der Waals surface area contributed by atoms with Crippen LogP contribution in [0.5, 0.6) is 5.75 Å². The van der Waals surface area contributed by atoms with Crippen molar-refractivity contribution in [1.82, 2.24) is 14.9 Å². The number of hydrogen-bond acceptors (Lipinski definition) is 6. The zero-order valence-corrected chi connectivity index (χ0v) is 22.0. The number of anilines is 2. The number of amides is 2. The Morgan fingerprint density at radius 1 is 0.947 bits per heavy atom. The summed E-state index contributed by atoms with van der Waals surface area (Å²) in [4.78, 5) is 24.6. The Hall–Kier alpha value is -4.01. The van der Waals surface area contributed by atoms with Crippen LogP contribution in [-0.2, 0) is 16.7 Å². The zero-order valence-electron chi connectivity index (χ0n) is 22.0. The molecule has 1 aliphatic heterocycles. The molecule has 8 nitrogen and oxygen atoms in total. The van der Waals surface area contributed by atoms with Crippen LogP contribution in [0.3, 0.4) is 0 Å². The molecule has 8 heteroatoms. The van der Waals surface area contributed by atoms with Gasteiger partial charge >= 0.3 is 6.03 Å². The Morgan fingerprint density at radius 3 is 2.39 bits per heavy atom. The fourth-order valence-corrected chi connectivity index (χ4v) is 4.57. The van der Waals surface area contributed by atoms with Crippen LogP contribution < -0.4 is 10.6 Å². The number of carbonyl (C=O) groups excluding carboxylic acids is 1. The van der Waals surface area contributed by atoms with Crippen molar-refractivity contribution in [2.75, 3.05) is 36.9 Å². The minimum atomic E-state index is -0.434. The van der Waals surface area contributed by atoms with E-state index in [2.05, 4.69) is 41.3 Å². The second-order valence-corrected chi connectivity index (χ2v) is 10.5. The number of nitrogens with zero attached hydrogens (tertiary/aromatic N) is 3. The number of aromatic nitrogens is 2. The van der Waals surface area contributed by atoms with Gasteiger partial charge in [-0.05, 0) is 34.6 Å². The highest BCUT2D eigenvalue weighted by atomic mass is 16.5. The molecule has 5 rings (SSSR count). The van der Waals surface area contributed by atoms with Gasteiger partial charge in [-0.1, -0.05) is 57.2 Å². The van der Waals surface area contributed by atoms with E-state index >= 15 is 0 Å². The Balaban J connectivity index is 1.36. The fraction of sp³-hybridized carbons (Fsp3) is 0.300. The first-order valence-corrected chi connectivity index (χ1v) is 12.8. The lowest BCUT2D eigenvalue weighted by molar-refractivity contribution is 0.0336. The number of hydrogen-bond donors (Lipinski definition) is 3. The van der Waals surface area contributed by atoms with Crippen molar-refractivity contribution in [3.05, 3.63) is 78.2 Å². The molecule has 0 atom stereocenters. The van der Waals surface area contributed by atoms with Crippen molar-refractivity contribution in [1.29, 1.82) is 0 Å². The summed E-state index contributed by atoms with van der Waals surface area (Å²) in [5.41, 5.74) is 4.55. The highest BCUT2D eigenvalue weighted by Crippen LogP contribution is 2.33. The first-order chi connectivity index (χ1) is 18.3. The molecule has 0 saturated carbocycles. The molecular formula is C30H33N5O3. The Morgan fingerprint density at radius 2 is 1.68 bits per heavy atom. The summed E-state index contributed by atoms with van der Waals surface area (Å²) < 4.78 is 5.42. The van der Waals surface area contributed by atoms with E-state index in [1.54, 1.807) is 12.1 Å². The first kappa shape index (κ1) is 25.6. The third kappa shape index (κ3) is 5.77. The second-order valence-electron chi connectivity index (χ2n) is 10.5. The summed E-state index contributed by atoms with van der Waals surface area (Å²) >= 11 is 0. The van der Waals surface area contributed by atoms with Crippen LogP contribution in [0.25, 0.3) is 22.0 Å². The van der Waals surface area contributed by atoms with Crippen molar-refractivity contribution < 1.29 is 14.6 Å². The van der Waals surface area contributed by atoms with E-state index in [1.807, 2.05) is 54.9 Å². The summed E-state index contributed by atoms with van der Waals surface area (Å²) in [5.74, 6) is 0.0176. The second kappa shape index (κ2) is 10.8. The number of aromatic hydroxyl groups is 1. The Bertz CT molecular complexity index is 1440. The monoisotopic (exact) mass is 511 g/mol. The number of rotatable bonds is 5. The smallest absolute Gasteiger partial charge is 0.323 e. The fourth-order valence-electron chi connectivity index (χ4n) is 4.57. The van der Waals surface area contributed by atoms with Gasteiger partial charge in [0, 0.05) is 30.6 Å². The Kier molecular flexibility index (Phi) is 7.26. The summed E-state index contributed by atoms with van der Waals surface area (Å²) in [6, 6.07) is 16.5. The van der Waals surface area contributed by atoms with Crippen molar-refractivity contribution >= 4 is 28.2 Å². The summed E-state index contributed by atoms with van der Waals surface area (Å²) in [5, 5.41) is 17.9. The number of phenols is 1. The number of phenolic OH excluding ortho intramolecular Hbond substituents is 1. The van der Waals surface area contributed by atoms with Gasteiger partial charge in [-0.3, -0.25) is 14.9 Å². The lowest BCUT2D eigenvalue weighted by Crippen LogP contribution is -2.35. The number of urea groups is 1. The van der Waals surface area contributed by atoms with Gasteiger partial charge in [-0.25, -0.2) is 4.79 Å². The average molecular weight is 512 g/mol. The summed E-state index contributed by atoms with van der Waals surface area (Å²) in [6.07, 6.45) is 3.64. The van der Waals surface area contributed by atoms with Crippen LogP contribution in [0.15, 0.2) is 67.0 Å². The van der Waals surface area contributed by atoms with E-state index in [0.29, 0.717) is 11.4 Å². The molecule has 2 heterocycles. The zero-order chi connectivity index (χ0) is 26.7. The maximum absolute atomic E-state index is 12.9. The quantitative estimate of drug-likeness (QED) is 0.294. The molecule has 1 saturated heterocycles. The van der Waals surface area contributed by atoms with Gasteiger partial charge in [0.25, 0.3) is 0 Å². The van der Waals surface area contributed by atoms with Crippen LogP contribution in [0, 0.1) is 0 Å². The average Bonchev–Trinajstić information content (AvgIpc) is 2.91. The maximum Gasteiger partial charge on any atom is 0.323 e. The predicted octanol–water partition coefficient (Wildman–Crippen LogP) is 5.78. The molecule has 0 aliphatic carbocycles. The maximum atomic E-state index is 12.9. The highest BCUT2D eigenvalue weighted by molar-refractivity contribution is 6.09. The number of benzene rings is 3. The minimum Gasteiger partial charge on any atom is -0.506 e. The van der Waals surface area contributed by atoms with Gasteiger partial charge < -0.3 is 20.5 Å². The van der Waals surface area contributed by atoms with Gasteiger partial charge in [0.05, 0.1) is 48.4 Å². The molecule has 4 aromatic rings. The van der Waals surface area contributed by atoms with Gasteiger partial charge in [0.1, 0.15) is 5.75 Å². The van der Waals surface area contributed by atoms with Crippen LogP contribution in [0.2, 0.25) is 0 Å². The molecule has 1 fully saturated rings. The number of ether oxygens (including phenoxy) is 1. The lowest BCUT2D eigenvalue weighted by Gasteiger charge is -2.25. The van der Waals surface area contributed by atoms with Crippen molar-refractivity contribution in [2.24, 2.45) is 0 Å². The minimum absolute atomic E-state index is 0.0176. The summed E-state index contributed by atoms with van der Waals surface area (Å²) in [6.45, 7) is 10.3. The van der Waals surface area contributed by atoms with Gasteiger partial charge in [-0.15, -0.1) is 0 Å².